The Labute approximate surface area is 218 Å². The summed E-state index contributed by atoms with van der Waals surface area (Å²) in [5.41, 5.74) is 8.73. The molecule has 0 bridgehead atoms. The van der Waals surface area contributed by atoms with Crippen LogP contribution in [0.5, 0.6) is 0 Å². The third-order valence-corrected chi connectivity index (χ3v) is 5.74. The summed E-state index contributed by atoms with van der Waals surface area (Å²) in [6.45, 7) is 6.37. The molecule has 2 amide bonds. The molecule has 0 saturated heterocycles. The number of anilines is 4. The van der Waals surface area contributed by atoms with Gasteiger partial charge in [-0.05, 0) is 45.0 Å². The summed E-state index contributed by atoms with van der Waals surface area (Å²) < 4.78 is 5.30. The summed E-state index contributed by atoms with van der Waals surface area (Å²) in [4.78, 5) is 39.3. The zero-order chi connectivity index (χ0) is 25.8. The van der Waals surface area contributed by atoms with Crippen LogP contribution in [0, 0.1) is 5.92 Å². The van der Waals surface area contributed by atoms with Crippen LogP contribution < -0.4 is 26.2 Å². The van der Waals surface area contributed by atoms with Crippen molar-refractivity contribution in [2.75, 3.05) is 47.6 Å². The van der Waals surface area contributed by atoms with E-state index in [-0.39, 0.29) is 36.6 Å². The number of hydrogen-bond donors (Lipinski definition) is 3. The number of ether oxygens (including phenoxy) is 1. The summed E-state index contributed by atoms with van der Waals surface area (Å²) in [6, 6.07) is 14.8. The summed E-state index contributed by atoms with van der Waals surface area (Å²) in [7, 11) is 3.48. The fourth-order valence-corrected chi connectivity index (χ4v) is 3.96. The summed E-state index contributed by atoms with van der Waals surface area (Å²) in [5.74, 6) is -0.889. The maximum absolute atomic E-state index is 12.5. The molecule has 0 radical (unpaired) electrons. The first kappa shape index (κ1) is 28.9. The van der Waals surface area contributed by atoms with Crippen LogP contribution in [0.4, 0.5) is 22.7 Å². The Kier molecular flexibility index (Phi) is 9.72. The van der Waals surface area contributed by atoms with E-state index in [1.807, 2.05) is 69.3 Å². The quantitative estimate of drug-likeness (QED) is 0.523. The van der Waals surface area contributed by atoms with Gasteiger partial charge in [-0.2, -0.15) is 0 Å². The predicted octanol–water partition coefficient (Wildman–Crippen LogP) is 3.25. The van der Waals surface area contributed by atoms with E-state index in [0.717, 1.165) is 22.7 Å². The Morgan fingerprint density at radius 2 is 1.39 bits per heavy atom. The molecule has 36 heavy (non-hydrogen) atoms. The molecule has 10 heteroatoms. The molecule has 2 aliphatic rings. The minimum absolute atomic E-state index is 0. The number of nitrogens with zero attached hydrogens (tertiary/aromatic N) is 2. The van der Waals surface area contributed by atoms with Gasteiger partial charge in [-0.1, -0.05) is 24.3 Å². The Morgan fingerprint density at radius 1 is 0.917 bits per heavy atom. The molecule has 0 aromatic heterocycles. The van der Waals surface area contributed by atoms with Gasteiger partial charge < -0.3 is 30.9 Å². The van der Waals surface area contributed by atoms with Crippen molar-refractivity contribution in [2.45, 2.75) is 38.8 Å². The Balaban J connectivity index is 0.000000265. The molecule has 2 aliphatic heterocycles. The van der Waals surface area contributed by atoms with E-state index in [9.17, 15) is 14.4 Å². The van der Waals surface area contributed by atoms with Crippen molar-refractivity contribution in [1.29, 1.82) is 0 Å². The number of nitrogens with two attached hydrogens (primary N) is 1. The second kappa shape index (κ2) is 12.1. The molecular formula is C26H36ClN5O4. The molecule has 4 N–H and O–H groups in total. The number of esters is 1. The highest BCUT2D eigenvalue weighted by Crippen LogP contribution is 2.30. The first-order valence-corrected chi connectivity index (χ1v) is 11.7. The summed E-state index contributed by atoms with van der Waals surface area (Å²) in [5, 5.41) is 6.38. The van der Waals surface area contributed by atoms with E-state index < -0.39 is 17.6 Å². The average molecular weight is 518 g/mol. The lowest BCUT2D eigenvalue weighted by atomic mass is 10.0. The van der Waals surface area contributed by atoms with Gasteiger partial charge in [-0.3, -0.25) is 14.4 Å². The van der Waals surface area contributed by atoms with Gasteiger partial charge in [0, 0.05) is 27.2 Å². The monoisotopic (exact) mass is 517 g/mol. The third-order valence-electron chi connectivity index (χ3n) is 5.74. The first-order chi connectivity index (χ1) is 16.5. The van der Waals surface area contributed by atoms with Crippen molar-refractivity contribution < 1.29 is 19.1 Å². The van der Waals surface area contributed by atoms with Gasteiger partial charge in [0.2, 0.25) is 11.8 Å². The highest BCUT2D eigenvalue weighted by atomic mass is 35.5. The number of benzene rings is 2. The SMILES string of the molecule is CN1C(=O)[C@@H](CC(=O)OC(C)(C)C)CNc2ccccc21.CN1C(=O)[C@@H](N)CNc2ccccc21.Cl. The van der Waals surface area contributed by atoms with E-state index in [2.05, 4.69) is 10.6 Å². The zero-order valence-corrected chi connectivity index (χ0v) is 22.2. The lowest BCUT2D eigenvalue weighted by molar-refractivity contribution is -0.157. The fraction of sp³-hybridized carbons (Fsp3) is 0.423. The number of likely N-dealkylation sites (N-methyl/N-ethyl adjacent to an activating group) is 1. The smallest absolute Gasteiger partial charge is 0.307 e. The fourth-order valence-electron chi connectivity index (χ4n) is 3.96. The molecular weight excluding hydrogens is 482 g/mol. The number of para-hydroxylation sites is 4. The van der Waals surface area contributed by atoms with E-state index in [1.54, 1.807) is 23.9 Å². The van der Waals surface area contributed by atoms with Crippen molar-refractivity contribution in [2.24, 2.45) is 11.7 Å². The number of nitrogens with one attached hydrogen (secondary N) is 2. The van der Waals surface area contributed by atoms with Crippen LogP contribution in [0.3, 0.4) is 0 Å². The molecule has 2 atom stereocenters. The minimum Gasteiger partial charge on any atom is -0.460 e. The number of rotatable bonds is 2. The van der Waals surface area contributed by atoms with Crippen LogP contribution in [-0.2, 0) is 19.1 Å². The molecule has 9 nitrogen and oxygen atoms in total. The molecule has 4 rings (SSSR count). The third kappa shape index (κ3) is 7.11. The number of carbonyl (C=O) groups excluding carboxylic acids is 3. The maximum atomic E-state index is 12.5. The molecule has 0 saturated carbocycles. The predicted molar refractivity (Wildman–Crippen MR) is 146 cm³/mol. The van der Waals surface area contributed by atoms with Gasteiger partial charge in [0.25, 0.3) is 0 Å². The molecule has 0 spiro atoms. The van der Waals surface area contributed by atoms with E-state index >= 15 is 0 Å². The lowest BCUT2D eigenvalue weighted by Gasteiger charge is -2.23. The van der Waals surface area contributed by atoms with Crippen LogP contribution in [0.25, 0.3) is 0 Å². The normalized spacial score (nSPS) is 19.1. The molecule has 0 aliphatic carbocycles. The van der Waals surface area contributed by atoms with Crippen molar-refractivity contribution in [3.63, 3.8) is 0 Å². The highest BCUT2D eigenvalue weighted by Gasteiger charge is 2.31. The number of fused-ring (bicyclic) bond motifs is 2. The Morgan fingerprint density at radius 3 is 1.92 bits per heavy atom. The van der Waals surface area contributed by atoms with Gasteiger partial charge in [-0.15, -0.1) is 12.4 Å². The summed E-state index contributed by atoms with van der Waals surface area (Å²) >= 11 is 0. The van der Waals surface area contributed by atoms with Gasteiger partial charge in [0.15, 0.2) is 0 Å². The number of carbonyl (C=O) groups is 3. The molecule has 0 unspecified atom stereocenters. The minimum atomic E-state index is -0.535. The van der Waals surface area contributed by atoms with Crippen molar-refractivity contribution in [3.05, 3.63) is 48.5 Å². The van der Waals surface area contributed by atoms with Crippen LogP contribution >= 0.6 is 12.4 Å². The molecule has 0 fully saturated rings. The van der Waals surface area contributed by atoms with E-state index in [0.29, 0.717) is 13.1 Å². The number of halogens is 1. The first-order valence-electron chi connectivity index (χ1n) is 11.7. The van der Waals surface area contributed by atoms with Crippen molar-refractivity contribution in [3.8, 4) is 0 Å². The van der Waals surface area contributed by atoms with Gasteiger partial charge in [0.1, 0.15) is 11.6 Å². The molecule has 2 heterocycles. The van der Waals surface area contributed by atoms with Gasteiger partial charge >= 0.3 is 5.97 Å². The van der Waals surface area contributed by atoms with Crippen molar-refractivity contribution in [1.82, 2.24) is 0 Å². The zero-order valence-electron chi connectivity index (χ0n) is 21.4. The number of hydrogen-bond acceptors (Lipinski definition) is 7. The lowest BCUT2D eigenvalue weighted by Crippen LogP contribution is -2.43. The molecule has 196 valence electrons. The standard InChI is InChI=1S/C16H22N2O3.C10H13N3O.ClH/c1-16(2,3)21-14(19)9-11-10-17-12-7-5-6-8-13(12)18(4)15(11)20;1-13-9-5-3-2-4-8(9)12-6-7(11)10(13)14;/h5-8,11,17H,9-10H2,1-4H3;2-5,7,12H,6,11H2,1H3;1H/t11-;7-;/m00./s1. The second-order valence-electron chi connectivity index (χ2n) is 9.68. The Bertz CT molecular complexity index is 1090. The van der Waals surface area contributed by atoms with Gasteiger partial charge in [-0.25, -0.2) is 0 Å². The van der Waals surface area contributed by atoms with Crippen LogP contribution in [-0.4, -0.2) is 56.6 Å². The topological polar surface area (TPSA) is 117 Å². The molecule has 2 aromatic rings. The highest BCUT2D eigenvalue weighted by molar-refractivity contribution is 6.01. The van der Waals surface area contributed by atoms with Crippen LogP contribution in [0.15, 0.2) is 48.5 Å². The second-order valence-corrected chi connectivity index (χ2v) is 9.68. The van der Waals surface area contributed by atoms with Crippen molar-refractivity contribution >= 4 is 52.9 Å². The van der Waals surface area contributed by atoms with Gasteiger partial charge in [0.05, 0.1) is 35.1 Å². The van der Waals surface area contributed by atoms with E-state index in [4.69, 9.17) is 10.5 Å². The average Bonchev–Trinajstić information content (AvgIpc) is 3.00. The van der Waals surface area contributed by atoms with Crippen LogP contribution in [0.2, 0.25) is 0 Å². The molecule has 2 aromatic carbocycles. The largest absolute Gasteiger partial charge is 0.460 e. The summed E-state index contributed by atoms with van der Waals surface area (Å²) in [6.07, 6.45) is 0.0848. The maximum Gasteiger partial charge on any atom is 0.307 e. The number of amides is 2. The van der Waals surface area contributed by atoms with E-state index in [1.165, 1.54) is 0 Å². The Hall–Kier alpha value is -3.30. The van der Waals surface area contributed by atoms with Crippen LogP contribution in [0.1, 0.15) is 27.2 Å².